The van der Waals surface area contributed by atoms with Crippen molar-refractivity contribution in [3.63, 3.8) is 0 Å². The summed E-state index contributed by atoms with van der Waals surface area (Å²) in [7, 11) is 3.05. The lowest BCUT2D eigenvalue weighted by Gasteiger charge is -2.36. The molecule has 0 bridgehead atoms. The summed E-state index contributed by atoms with van der Waals surface area (Å²) in [6.07, 6.45) is 13.6. The van der Waals surface area contributed by atoms with Gasteiger partial charge in [-0.3, -0.25) is 24.2 Å². The maximum atomic E-state index is 13.5. The average Bonchev–Trinajstić information content (AvgIpc) is 3.22. The Hall–Kier alpha value is -5.23. The Bertz CT molecular complexity index is 1960. The van der Waals surface area contributed by atoms with E-state index in [0.717, 1.165) is 73.6 Å². The molecule has 2 aromatic heterocycles. The smallest absolute Gasteiger partial charge is 0.260 e. The number of hydrogen-bond donors (Lipinski definition) is 1. The van der Waals surface area contributed by atoms with Crippen LogP contribution in [0.4, 0.5) is 5.69 Å². The summed E-state index contributed by atoms with van der Waals surface area (Å²) in [6.45, 7) is 4.13. The van der Waals surface area contributed by atoms with Crippen molar-refractivity contribution in [2.24, 2.45) is 0 Å². The molecule has 1 aliphatic carbocycles. The van der Waals surface area contributed by atoms with Crippen molar-refractivity contribution in [2.45, 2.75) is 89.6 Å². The van der Waals surface area contributed by atoms with E-state index in [1.807, 2.05) is 29.3 Å². The molecule has 6 rings (SSSR count). The first-order valence-corrected chi connectivity index (χ1v) is 19.1. The maximum Gasteiger partial charge on any atom is 0.260 e. The van der Waals surface area contributed by atoms with Crippen molar-refractivity contribution in [3.05, 3.63) is 83.0 Å². The second-order valence-electron chi connectivity index (χ2n) is 14.1. The van der Waals surface area contributed by atoms with Crippen LogP contribution in [0.1, 0.15) is 75.1 Å². The van der Waals surface area contributed by atoms with Gasteiger partial charge >= 0.3 is 0 Å². The fourth-order valence-corrected chi connectivity index (χ4v) is 7.43. The number of fused-ring (bicyclic) bond motifs is 1. The predicted octanol–water partition coefficient (Wildman–Crippen LogP) is 5.98. The van der Waals surface area contributed by atoms with Crippen LogP contribution in [0.3, 0.4) is 0 Å². The number of hydrogen-bond acceptors (Lipinski definition) is 8. The summed E-state index contributed by atoms with van der Waals surface area (Å²) < 4.78 is 20.2. The molecule has 2 aromatic carbocycles. The van der Waals surface area contributed by atoms with Crippen LogP contribution < -0.4 is 25.2 Å². The molecular weight excluding hydrogens is 686 g/mol. The number of unbranched alkanes of at least 4 members (excludes halogenated alkanes) is 1. The van der Waals surface area contributed by atoms with E-state index in [1.54, 1.807) is 42.2 Å². The standard InChI is InChI=1S/C42H51N5O7/c1-4-5-21-46-27-37(35-16-20-44-26-36(35)42(46)51)29-6-9-31(10-7-29)53-32-11-13-33(14-12-32)54-34-17-22-45(23-18-34)41(50)30-8-15-39(52-3)38(25-30)47(28-48)24-19-40(49)43-2/h6-10,15-16,20,25-28,32-34H,4-5,11-14,17-19,21-24H2,1-3H3,(H,43,49). The zero-order chi connectivity index (χ0) is 38.0. The zero-order valence-electron chi connectivity index (χ0n) is 31.5. The minimum Gasteiger partial charge on any atom is -0.495 e. The van der Waals surface area contributed by atoms with E-state index in [9.17, 15) is 19.2 Å². The second kappa shape index (κ2) is 18.2. The summed E-state index contributed by atoms with van der Waals surface area (Å²) in [5, 5.41) is 4.09. The molecule has 1 aliphatic heterocycles. The van der Waals surface area contributed by atoms with Gasteiger partial charge in [-0.1, -0.05) is 25.5 Å². The predicted molar refractivity (Wildman–Crippen MR) is 208 cm³/mol. The summed E-state index contributed by atoms with van der Waals surface area (Å²) in [4.78, 5) is 57.7. The lowest BCUT2D eigenvalue weighted by Crippen LogP contribution is -2.42. The van der Waals surface area contributed by atoms with E-state index in [0.29, 0.717) is 48.4 Å². The first kappa shape index (κ1) is 38.5. The molecule has 1 N–H and O–H groups in total. The molecule has 286 valence electrons. The molecule has 12 nitrogen and oxygen atoms in total. The molecule has 0 radical (unpaired) electrons. The van der Waals surface area contributed by atoms with Crippen molar-refractivity contribution in [3.8, 4) is 22.6 Å². The molecular formula is C42H51N5O7. The highest BCUT2D eigenvalue weighted by molar-refractivity contribution is 5.97. The molecule has 3 amide bonds. The molecule has 0 spiro atoms. The molecule has 3 heterocycles. The first-order chi connectivity index (χ1) is 26.3. The quantitative estimate of drug-likeness (QED) is 0.148. The number of pyridine rings is 2. The number of aromatic nitrogens is 2. The molecule has 2 fully saturated rings. The number of nitrogens with zero attached hydrogens (tertiary/aromatic N) is 4. The fraction of sp³-hybridized carbons (Fsp3) is 0.452. The molecule has 1 saturated heterocycles. The summed E-state index contributed by atoms with van der Waals surface area (Å²) in [5.41, 5.74) is 2.95. The Morgan fingerprint density at radius 2 is 1.69 bits per heavy atom. The van der Waals surface area contributed by atoms with Crippen LogP contribution >= 0.6 is 0 Å². The largest absolute Gasteiger partial charge is 0.495 e. The van der Waals surface area contributed by atoms with Crippen molar-refractivity contribution in [2.75, 3.05) is 38.7 Å². The molecule has 12 heteroatoms. The number of amides is 3. The third-order valence-electron chi connectivity index (χ3n) is 10.6. The first-order valence-electron chi connectivity index (χ1n) is 19.1. The van der Waals surface area contributed by atoms with Crippen molar-refractivity contribution < 1.29 is 28.6 Å². The maximum absolute atomic E-state index is 13.5. The van der Waals surface area contributed by atoms with Crippen molar-refractivity contribution >= 4 is 34.7 Å². The summed E-state index contributed by atoms with van der Waals surface area (Å²) >= 11 is 0. The third-order valence-corrected chi connectivity index (χ3v) is 10.6. The van der Waals surface area contributed by atoms with Gasteiger partial charge < -0.3 is 33.9 Å². The van der Waals surface area contributed by atoms with E-state index in [2.05, 4.69) is 29.4 Å². The normalized spacial score (nSPS) is 17.6. The number of carbonyl (C=O) groups excluding carboxylic acids is 3. The molecule has 54 heavy (non-hydrogen) atoms. The highest BCUT2D eigenvalue weighted by Gasteiger charge is 2.30. The number of ether oxygens (including phenoxy) is 3. The Morgan fingerprint density at radius 1 is 0.963 bits per heavy atom. The molecule has 0 atom stereocenters. The van der Waals surface area contributed by atoms with Gasteiger partial charge in [-0.05, 0) is 92.3 Å². The molecule has 1 saturated carbocycles. The number of likely N-dealkylation sites (tertiary alicyclic amines) is 1. The molecule has 4 aromatic rings. The van der Waals surface area contributed by atoms with Crippen LogP contribution in [0.15, 0.2) is 71.9 Å². The van der Waals surface area contributed by atoms with Gasteiger partial charge in [0.15, 0.2) is 0 Å². The Kier molecular flexibility index (Phi) is 13.0. The highest BCUT2D eigenvalue weighted by Crippen LogP contribution is 2.33. The van der Waals surface area contributed by atoms with E-state index >= 15 is 0 Å². The third kappa shape index (κ3) is 9.10. The minimum atomic E-state index is -0.185. The minimum absolute atomic E-state index is 0.00338. The summed E-state index contributed by atoms with van der Waals surface area (Å²) in [6, 6.07) is 15.1. The number of aryl methyl sites for hydroxylation is 1. The number of methoxy groups -OCH3 is 1. The van der Waals surface area contributed by atoms with E-state index in [-0.39, 0.29) is 48.7 Å². The van der Waals surface area contributed by atoms with Crippen LogP contribution in [-0.2, 0) is 20.9 Å². The van der Waals surface area contributed by atoms with Gasteiger partial charge in [-0.15, -0.1) is 0 Å². The number of piperidine rings is 1. The topological polar surface area (TPSA) is 132 Å². The van der Waals surface area contributed by atoms with Gasteiger partial charge in [0, 0.05) is 69.4 Å². The van der Waals surface area contributed by atoms with Gasteiger partial charge in [-0.2, -0.15) is 0 Å². The van der Waals surface area contributed by atoms with E-state index in [4.69, 9.17) is 14.2 Å². The van der Waals surface area contributed by atoms with Crippen LogP contribution in [0.5, 0.6) is 11.5 Å². The Labute approximate surface area is 316 Å². The van der Waals surface area contributed by atoms with Crippen LogP contribution in [0.2, 0.25) is 0 Å². The zero-order valence-corrected chi connectivity index (χ0v) is 31.5. The van der Waals surface area contributed by atoms with Gasteiger partial charge in [0.2, 0.25) is 12.3 Å². The highest BCUT2D eigenvalue weighted by atomic mass is 16.5. The number of nitrogens with one attached hydrogen (secondary N) is 1. The van der Waals surface area contributed by atoms with Gasteiger partial charge in [0.1, 0.15) is 11.5 Å². The van der Waals surface area contributed by atoms with Crippen LogP contribution in [-0.4, -0.2) is 84.8 Å². The lowest BCUT2D eigenvalue weighted by atomic mass is 9.94. The number of rotatable bonds is 15. The van der Waals surface area contributed by atoms with Gasteiger partial charge in [0.25, 0.3) is 11.5 Å². The Morgan fingerprint density at radius 3 is 2.37 bits per heavy atom. The Balaban J connectivity index is 0.981. The van der Waals surface area contributed by atoms with Crippen LogP contribution in [0, 0.1) is 0 Å². The fourth-order valence-electron chi connectivity index (χ4n) is 7.43. The average molecular weight is 738 g/mol. The number of benzene rings is 2. The van der Waals surface area contributed by atoms with Gasteiger partial charge in [-0.25, -0.2) is 0 Å². The second-order valence-corrected chi connectivity index (χ2v) is 14.1. The summed E-state index contributed by atoms with van der Waals surface area (Å²) in [5.74, 6) is 0.987. The lowest BCUT2D eigenvalue weighted by molar-refractivity contribution is -0.120. The SMILES string of the molecule is CCCCn1cc(-c2ccc(OC3CCC(OC4CCN(C(=O)c5ccc(OC)c(N(C=O)CCC(=O)NC)c5)CC4)CC3)cc2)c2ccncc2c1=O. The van der Waals surface area contributed by atoms with E-state index < -0.39 is 0 Å². The monoisotopic (exact) mass is 737 g/mol. The van der Waals surface area contributed by atoms with Crippen molar-refractivity contribution in [1.29, 1.82) is 0 Å². The molecule has 2 aliphatic rings. The van der Waals surface area contributed by atoms with E-state index in [1.165, 1.54) is 12.0 Å². The van der Waals surface area contributed by atoms with Crippen molar-refractivity contribution in [1.82, 2.24) is 19.8 Å². The van der Waals surface area contributed by atoms with Crippen LogP contribution in [0.25, 0.3) is 21.9 Å². The van der Waals surface area contributed by atoms with Gasteiger partial charge in [0.05, 0.1) is 36.5 Å². The number of anilines is 1. The molecule has 0 unspecified atom stereocenters. The number of carbonyl (C=O) groups is 3.